The first-order valence-corrected chi connectivity index (χ1v) is 22.9. The molecule has 2 saturated heterocycles. The number of para-hydroxylation sites is 1. The van der Waals surface area contributed by atoms with Gasteiger partial charge in [0.2, 0.25) is 11.9 Å². The number of aryl methyl sites for hydroxylation is 1. The van der Waals surface area contributed by atoms with E-state index in [1.807, 2.05) is 10.4 Å². The van der Waals surface area contributed by atoms with E-state index < -0.39 is 34.5 Å². The van der Waals surface area contributed by atoms with Crippen molar-refractivity contribution in [1.82, 2.24) is 44.2 Å². The third-order valence-corrected chi connectivity index (χ3v) is 13.2. The number of pyridine rings is 1. The molecule has 1 aromatic carbocycles. The minimum atomic E-state index is -2.85. The highest BCUT2D eigenvalue weighted by Gasteiger charge is 2.27. The van der Waals surface area contributed by atoms with Gasteiger partial charge in [-0.05, 0) is 57.3 Å². The number of benzene rings is 1. The van der Waals surface area contributed by atoms with Gasteiger partial charge in [-0.25, -0.2) is 22.3 Å². The maximum atomic E-state index is 12.9. The van der Waals surface area contributed by atoms with Gasteiger partial charge in [-0.1, -0.05) is 44.7 Å². The lowest BCUT2D eigenvalue weighted by Crippen LogP contribution is -2.45. The number of hydrogen-bond donors (Lipinski definition) is 3. The Hall–Kier alpha value is -4.72. The molecule has 1 aliphatic carbocycles. The van der Waals surface area contributed by atoms with Gasteiger partial charge in [0.05, 0.1) is 28.2 Å². The van der Waals surface area contributed by atoms with Crippen molar-refractivity contribution in [2.45, 2.75) is 83.1 Å². The average Bonchev–Trinajstić information content (AvgIpc) is 3.89. The number of aromatic nitrogens is 5. The predicted octanol–water partition coefficient (Wildman–Crippen LogP) is 4.59. The van der Waals surface area contributed by atoms with Gasteiger partial charge in [0.15, 0.2) is 6.29 Å². The van der Waals surface area contributed by atoms with E-state index in [2.05, 4.69) is 54.5 Å². The Balaban J connectivity index is 0.000000216. The van der Waals surface area contributed by atoms with E-state index in [0.717, 1.165) is 88.7 Å². The predicted molar refractivity (Wildman–Crippen MR) is 237 cm³/mol. The molecule has 2 atom stereocenters. The van der Waals surface area contributed by atoms with E-state index in [9.17, 15) is 32.2 Å². The third kappa shape index (κ3) is 13.6. The fraction of sp³-hybridized carbons (Fsp3) is 0.605. The monoisotopic (exact) mass is 884 g/mol. The second kappa shape index (κ2) is 24.2. The zero-order valence-electron chi connectivity index (χ0n) is 36.3. The highest BCUT2D eigenvalue weighted by Crippen LogP contribution is 2.33. The Kier molecular flexibility index (Phi) is 18.9. The number of hydrogen-bond acceptors (Lipinski definition) is 12. The number of nitrogens with one attached hydrogen (secondary N) is 3. The molecule has 1 saturated carbocycles. The number of carbonyl (C=O) groups excluding carboxylic acids is 3. The standard InChI is InChI=1S/C21H31F2N7O2S.C16H19N3O4.C6H12/c1-28-8-10-29(11-9-28)5-2-12-33(32)30-6-3-16(4-7-30)25-21-24-14-15-13-17(18(22)23)20(31)26-19(15)27-21;1-17-16(22)12(6-4-8-20)14-11-5-3-7-13(23-10-9-21)15(11)19(2)18-14;1-6-4-2-3-5-6/h13-14,16,18H,2-12H2,1H3,(H2,24,25,26,27,31);3,5,7-9,12H,4,6,10H2,1-2H3,(H,17,22);6H,2-5H2,1H3. The lowest BCUT2D eigenvalue weighted by molar-refractivity contribution is -0.122. The zero-order chi connectivity index (χ0) is 44.6. The van der Waals surface area contributed by atoms with E-state index in [-0.39, 0.29) is 30.6 Å². The lowest BCUT2D eigenvalue weighted by Gasteiger charge is -2.33. The van der Waals surface area contributed by atoms with Crippen molar-refractivity contribution in [2.24, 2.45) is 13.0 Å². The number of rotatable bonds is 16. The molecule has 3 aliphatic rings. The second-order valence-corrected chi connectivity index (χ2v) is 17.7. The van der Waals surface area contributed by atoms with Crippen LogP contribution in [0.2, 0.25) is 0 Å². The molecule has 3 fully saturated rings. The summed E-state index contributed by atoms with van der Waals surface area (Å²) in [5.41, 5.74) is 0.103. The summed E-state index contributed by atoms with van der Waals surface area (Å²) in [4.78, 5) is 60.8. The minimum Gasteiger partial charge on any atom is -0.484 e. The van der Waals surface area contributed by atoms with Crippen molar-refractivity contribution in [3.63, 3.8) is 0 Å². The second-order valence-electron chi connectivity index (χ2n) is 16.2. The van der Waals surface area contributed by atoms with E-state index in [4.69, 9.17) is 4.74 Å². The molecule has 62 heavy (non-hydrogen) atoms. The molecule has 4 aromatic rings. The van der Waals surface area contributed by atoms with Crippen LogP contribution in [0.25, 0.3) is 21.9 Å². The Bertz CT molecular complexity index is 2150. The van der Waals surface area contributed by atoms with Crippen LogP contribution in [-0.4, -0.2) is 140 Å². The van der Waals surface area contributed by atoms with Gasteiger partial charge in [0.25, 0.3) is 12.0 Å². The summed E-state index contributed by atoms with van der Waals surface area (Å²) >= 11 is 0. The van der Waals surface area contributed by atoms with Gasteiger partial charge < -0.3 is 34.9 Å². The lowest BCUT2D eigenvalue weighted by atomic mass is 9.96. The van der Waals surface area contributed by atoms with Gasteiger partial charge in [-0.2, -0.15) is 10.1 Å². The smallest absolute Gasteiger partial charge is 0.269 e. The zero-order valence-corrected chi connectivity index (χ0v) is 37.1. The molecule has 0 bridgehead atoms. The number of carbonyl (C=O) groups is 3. The number of anilines is 1. The number of piperidine rings is 1. The number of fused-ring (bicyclic) bond motifs is 2. The van der Waals surface area contributed by atoms with Crippen LogP contribution < -0.4 is 20.9 Å². The molecule has 5 heterocycles. The number of piperazine rings is 1. The SMILES string of the molecule is CC1CCCC1.CN1CCN(CCCS(=O)N2CCC(Nc3ncc4cc(C(F)F)c(=O)[nH]c4n3)CC2)CC1.CNC(=O)C(CCC=O)c1nn(C)c2c(OCC=O)cccc12. The van der Waals surface area contributed by atoms with Crippen LogP contribution in [0.15, 0.2) is 35.3 Å². The number of halogens is 2. The normalized spacial score (nSPS) is 17.8. The first-order chi connectivity index (χ1) is 29.9. The fourth-order valence-electron chi connectivity index (χ4n) is 8.00. The van der Waals surface area contributed by atoms with Crippen LogP contribution >= 0.6 is 0 Å². The summed E-state index contributed by atoms with van der Waals surface area (Å²) in [6.45, 7) is 9.08. The maximum absolute atomic E-state index is 12.9. The quantitative estimate of drug-likeness (QED) is 0.133. The Labute approximate surface area is 364 Å². The Morgan fingerprint density at radius 1 is 1.05 bits per heavy atom. The molecule has 2 aliphatic heterocycles. The van der Waals surface area contributed by atoms with Crippen molar-refractivity contribution in [2.75, 3.05) is 77.6 Å². The molecule has 16 nitrogen and oxygen atoms in total. The van der Waals surface area contributed by atoms with E-state index >= 15 is 0 Å². The van der Waals surface area contributed by atoms with E-state index in [0.29, 0.717) is 46.8 Å². The Morgan fingerprint density at radius 3 is 2.40 bits per heavy atom. The number of aromatic amines is 1. The number of aldehydes is 2. The molecule has 1 amide bonds. The van der Waals surface area contributed by atoms with Crippen molar-refractivity contribution in [3.8, 4) is 5.75 Å². The molecule has 2 unspecified atom stereocenters. The largest absolute Gasteiger partial charge is 0.484 e. The molecule has 340 valence electrons. The molecular formula is C43H62F2N10O6S. The number of alkyl halides is 2. The van der Waals surface area contributed by atoms with Crippen LogP contribution in [0.5, 0.6) is 5.75 Å². The van der Waals surface area contributed by atoms with Gasteiger partial charge in [-0.3, -0.25) is 19.1 Å². The van der Waals surface area contributed by atoms with E-state index in [1.54, 1.807) is 30.9 Å². The summed E-state index contributed by atoms with van der Waals surface area (Å²) in [5.74, 6) is 1.90. The minimum absolute atomic E-state index is 0.0519. The summed E-state index contributed by atoms with van der Waals surface area (Å²) in [6.07, 6.45) is 9.18. The van der Waals surface area contributed by atoms with Crippen molar-refractivity contribution in [1.29, 1.82) is 0 Å². The van der Waals surface area contributed by atoms with Crippen LogP contribution in [0.1, 0.15) is 88.3 Å². The van der Waals surface area contributed by atoms with Crippen LogP contribution in [0.3, 0.4) is 0 Å². The van der Waals surface area contributed by atoms with Crippen LogP contribution in [-0.2, 0) is 32.4 Å². The highest BCUT2D eigenvalue weighted by atomic mass is 32.2. The highest BCUT2D eigenvalue weighted by molar-refractivity contribution is 7.82. The molecular weight excluding hydrogens is 823 g/mol. The number of nitrogens with zero attached hydrogens (tertiary/aromatic N) is 7. The van der Waals surface area contributed by atoms with Crippen LogP contribution in [0, 0.1) is 5.92 Å². The van der Waals surface area contributed by atoms with Gasteiger partial charge in [-0.15, -0.1) is 0 Å². The third-order valence-electron chi connectivity index (χ3n) is 11.6. The molecule has 0 spiro atoms. The summed E-state index contributed by atoms with van der Waals surface area (Å²) in [7, 11) is 4.48. The summed E-state index contributed by atoms with van der Waals surface area (Å²) in [5, 5.41) is 11.4. The summed E-state index contributed by atoms with van der Waals surface area (Å²) < 4.78 is 47.6. The number of likely N-dealkylation sites (N-methyl/N-ethyl adjacent to an activating group) is 2. The number of amides is 1. The fourth-order valence-corrected chi connectivity index (χ4v) is 9.25. The number of ether oxygens (including phenoxy) is 1. The van der Waals surface area contributed by atoms with Crippen LogP contribution in [0.4, 0.5) is 14.7 Å². The molecule has 19 heteroatoms. The maximum Gasteiger partial charge on any atom is 0.269 e. The first-order valence-electron chi connectivity index (χ1n) is 21.6. The van der Waals surface area contributed by atoms with E-state index in [1.165, 1.54) is 31.9 Å². The number of H-pyrrole nitrogens is 1. The molecule has 3 aromatic heterocycles. The van der Waals surface area contributed by atoms with Gasteiger partial charge >= 0.3 is 0 Å². The molecule has 7 rings (SSSR count). The van der Waals surface area contributed by atoms with Crippen molar-refractivity contribution in [3.05, 3.63) is 52.1 Å². The van der Waals surface area contributed by atoms with Gasteiger partial charge in [0.1, 0.15) is 29.8 Å². The van der Waals surface area contributed by atoms with Crippen molar-refractivity contribution < 1.29 is 32.1 Å². The van der Waals surface area contributed by atoms with Gasteiger partial charge in [0, 0.05) is 88.5 Å². The molecule has 0 radical (unpaired) electrons. The first kappa shape index (κ1) is 48.3. The summed E-state index contributed by atoms with van der Waals surface area (Å²) in [6, 6.07) is 6.63. The Morgan fingerprint density at radius 2 is 1.77 bits per heavy atom. The topological polar surface area (TPSA) is 188 Å². The van der Waals surface area contributed by atoms with Crippen molar-refractivity contribution >= 4 is 57.3 Å². The molecule has 3 N–H and O–H groups in total. The average molecular weight is 885 g/mol.